The second-order valence-corrected chi connectivity index (χ2v) is 7.88. The van der Waals surface area contributed by atoms with E-state index in [2.05, 4.69) is 4.40 Å². The van der Waals surface area contributed by atoms with Gasteiger partial charge in [-0.25, -0.2) is 4.79 Å². The zero-order valence-corrected chi connectivity index (χ0v) is 12.9. The summed E-state index contributed by atoms with van der Waals surface area (Å²) in [5.74, 6) is -0.963. The summed E-state index contributed by atoms with van der Waals surface area (Å²) in [5.41, 5.74) is 1.83. The van der Waals surface area contributed by atoms with Crippen molar-refractivity contribution in [1.29, 1.82) is 0 Å². The monoisotopic (exact) mass is 296 g/mol. The van der Waals surface area contributed by atoms with Gasteiger partial charge in [-0.3, -0.25) is 0 Å². The molecule has 1 unspecified atom stereocenters. The Morgan fingerprint density at radius 1 is 1.50 bits per heavy atom. The Bertz CT molecular complexity index is 543. The molecular formula is C14H20N2O3S. The van der Waals surface area contributed by atoms with E-state index in [0.29, 0.717) is 5.69 Å². The Balaban J connectivity index is 2.37. The highest BCUT2D eigenvalue weighted by Crippen LogP contribution is 2.23. The third kappa shape index (κ3) is 3.07. The number of carbonyl (C=O) groups is 1. The first kappa shape index (κ1) is 15.1. The molecule has 0 radical (unpaired) electrons. The summed E-state index contributed by atoms with van der Waals surface area (Å²) >= 11 is -1.38. The van der Waals surface area contributed by atoms with Crippen LogP contribution in [0.4, 0.5) is 0 Å². The maximum absolute atomic E-state index is 12.0. The third-order valence-corrected chi connectivity index (χ3v) is 4.66. The molecule has 20 heavy (non-hydrogen) atoms. The Morgan fingerprint density at radius 3 is 2.80 bits per heavy atom. The number of hydrogen-bond acceptors (Lipinski definition) is 3. The molecule has 110 valence electrons. The molecule has 5 nitrogen and oxygen atoms in total. The lowest BCUT2D eigenvalue weighted by Gasteiger charge is -2.19. The van der Waals surface area contributed by atoms with E-state index in [1.54, 1.807) is 6.07 Å². The number of carboxylic acid groups (broad SMARTS) is 1. The first-order chi connectivity index (χ1) is 9.30. The minimum Gasteiger partial charge on any atom is -0.591 e. The predicted octanol–water partition coefficient (Wildman–Crippen LogP) is 2.40. The molecule has 0 aromatic carbocycles. The summed E-state index contributed by atoms with van der Waals surface area (Å²) < 4.78 is 17.6. The normalized spacial score (nSPS) is 17.2. The second kappa shape index (κ2) is 5.61. The largest absolute Gasteiger partial charge is 0.591 e. The summed E-state index contributed by atoms with van der Waals surface area (Å²) in [5, 5.41) is 9.29. The Kier molecular flexibility index (Phi) is 4.25. The molecule has 0 spiro atoms. The second-order valence-electron chi connectivity index (χ2n) is 5.94. The van der Waals surface area contributed by atoms with Crippen molar-refractivity contribution >= 4 is 23.5 Å². The lowest BCUT2D eigenvalue weighted by molar-refractivity contribution is 0.0696. The number of aryl methyl sites for hydroxylation is 1. The van der Waals surface area contributed by atoms with E-state index in [1.807, 2.05) is 25.3 Å². The summed E-state index contributed by atoms with van der Waals surface area (Å²) in [6.07, 6.45) is 4.45. The van der Waals surface area contributed by atoms with Crippen molar-refractivity contribution in [2.45, 2.75) is 51.3 Å². The number of nitrogens with zero attached hydrogens (tertiary/aromatic N) is 2. The van der Waals surface area contributed by atoms with Crippen molar-refractivity contribution in [3.63, 3.8) is 0 Å². The van der Waals surface area contributed by atoms with Gasteiger partial charge in [0.2, 0.25) is 0 Å². The molecule has 0 bridgehead atoms. The smallest absolute Gasteiger partial charge is 0.337 e. The lowest BCUT2D eigenvalue weighted by atomic mass is 10.1. The van der Waals surface area contributed by atoms with Crippen LogP contribution in [0.15, 0.2) is 10.5 Å². The van der Waals surface area contributed by atoms with E-state index in [4.69, 9.17) is 0 Å². The molecular weight excluding hydrogens is 276 g/mol. The molecule has 1 atom stereocenters. The zero-order valence-electron chi connectivity index (χ0n) is 12.0. The van der Waals surface area contributed by atoms with Crippen molar-refractivity contribution in [2.75, 3.05) is 0 Å². The summed E-state index contributed by atoms with van der Waals surface area (Å²) in [4.78, 5) is 11.3. The number of aromatic nitrogens is 1. The van der Waals surface area contributed by atoms with Gasteiger partial charge in [-0.05, 0) is 46.1 Å². The molecule has 1 N–H and O–H groups in total. The fraction of sp³-hybridized carbons (Fsp3) is 0.571. The summed E-state index contributed by atoms with van der Waals surface area (Å²) in [7, 11) is 0. The van der Waals surface area contributed by atoms with Gasteiger partial charge in [-0.2, -0.15) is 0 Å². The number of rotatable bonds is 3. The van der Waals surface area contributed by atoms with Crippen LogP contribution in [0.2, 0.25) is 0 Å². The van der Waals surface area contributed by atoms with Crippen LogP contribution >= 0.6 is 0 Å². The van der Waals surface area contributed by atoms with Gasteiger partial charge in [0.1, 0.15) is 22.3 Å². The van der Waals surface area contributed by atoms with Crippen LogP contribution in [0.25, 0.3) is 0 Å². The van der Waals surface area contributed by atoms with Gasteiger partial charge in [0.15, 0.2) is 0 Å². The van der Waals surface area contributed by atoms with Crippen molar-refractivity contribution < 1.29 is 14.5 Å². The molecule has 0 saturated heterocycles. The van der Waals surface area contributed by atoms with Crippen molar-refractivity contribution in [1.82, 2.24) is 4.57 Å². The average molecular weight is 296 g/mol. The molecule has 6 heteroatoms. The molecule has 1 aliphatic heterocycles. The van der Waals surface area contributed by atoms with Gasteiger partial charge in [-0.15, -0.1) is 0 Å². The van der Waals surface area contributed by atoms with E-state index in [1.165, 1.54) is 6.21 Å². The Hall–Kier alpha value is -1.27. The molecule has 1 aromatic heterocycles. The minimum atomic E-state index is -1.38. The van der Waals surface area contributed by atoms with Crippen LogP contribution in [-0.4, -0.2) is 31.2 Å². The van der Waals surface area contributed by atoms with Crippen molar-refractivity contribution in [3.8, 4) is 0 Å². The molecule has 0 amide bonds. The van der Waals surface area contributed by atoms with Gasteiger partial charge in [0.25, 0.3) is 0 Å². The molecule has 0 fully saturated rings. The molecule has 0 saturated carbocycles. The SMILES string of the molecule is CC(C)(C)[S+]([O-])N=Cc1c(C(=O)O)cc2n1CCCC2. The summed E-state index contributed by atoms with van der Waals surface area (Å²) in [6, 6.07) is 1.71. The molecule has 1 aliphatic rings. The first-order valence-electron chi connectivity index (χ1n) is 6.72. The van der Waals surface area contributed by atoms with Gasteiger partial charge < -0.3 is 14.2 Å². The standard InChI is InChI=1S/C14H20N2O3S/c1-14(2,3)20(19)15-9-12-11(13(17)18)8-10-6-4-5-7-16(10)12/h8-9H,4-7H2,1-3H3,(H,17,18). The molecule has 0 aliphatic carbocycles. The van der Waals surface area contributed by atoms with E-state index in [0.717, 1.165) is 31.5 Å². The highest BCUT2D eigenvalue weighted by atomic mass is 32.2. The van der Waals surface area contributed by atoms with Crippen molar-refractivity contribution in [2.24, 2.45) is 4.40 Å². The molecule has 1 aromatic rings. The topological polar surface area (TPSA) is 77.7 Å². The van der Waals surface area contributed by atoms with E-state index in [9.17, 15) is 14.5 Å². The third-order valence-electron chi connectivity index (χ3n) is 3.31. The van der Waals surface area contributed by atoms with Crippen LogP contribution in [-0.2, 0) is 24.3 Å². The van der Waals surface area contributed by atoms with E-state index in [-0.39, 0.29) is 5.56 Å². The van der Waals surface area contributed by atoms with Crippen molar-refractivity contribution in [3.05, 3.63) is 23.0 Å². The highest BCUT2D eigenvalue weighted by Gasteiger charge is 2.27. The van der Waals surface area contributed by atoms with Crippen LogP contribution < -0.4 is 0 Å². The van der Waals surface area contributed by atoms with Crippen LogP contribution in [0.5, 0.6) is 0 Å². The zero-order chi connectivity index (χ0) is 14.9. The van der Waals surface area contributed by atoms with Gasteiger partial charge in [0, 0.05) is 12.2 Å². The van der Waals surface area contributed by atoms with Crippen LogP contribution in [0, 0.1) is 0 Å². The van der Waals surface area contributed by atoms with E-state index < -0.39 is 22.1 Å². The van der Waals surface area contributed by atoms with E-state index >= 15 is 0 Å². The fourth-order valence-electron chi connectivity index (χ4n) is 2.23. The Morgan fingerprint density at radius 2 is 2.20 bits per heavy atom. The van der Waals surface area contributed by atoms with Crippen LogP contribution in [0.3, 0.4) is 0 Å². The maximum atomic E-state index is 12.0. The van der Waals surface area contributed by atoms with Crippen LogP contribution in [0.1, 0.15) is 55.4 Å². The fourth-order valence-corrected chi connectivity index (χ4v) is 2.74. The minimum absolute atomic E-state index is 0.247. The lowest BCUT2D eigenvalue weighted by Crippen LogP contribution is -2.26. The molecule has 2 heterocycles. The quantitative estimate of drug-likeness (QED) is 0.687. The molecule has 2 rings (SSSR count). The summed E-state index contributed by atoms with van der Waals surface area (Å²) in [6.45, 7) is 6.32. The van der Waals surface area contributed by atoms with Gasteiger partial charge >= 0.3 is 5.97 Å². The van der Waals surface area contributed by atoms with Gasteiger partial charge in [-0.1, -0.05) is 4.40 Å². The van der Waals surface area contributed by atoms with Gasteiger partial charge in [0.05, 0.1) is 11.3 Å². The average Bonchev–Trinajstić information content (AvgIpc) is 2.73. The Labute approximate surface area is 122 Å². The number of carboxylic acids is 1. The number of fused-ring (bicyclic) bond motifs is 1. The number of hydrogen-bond donors (Lipinski definition) is 1. The first-order valence-corrected chi connectivity index (χ1v) is 7.83. The maximum Gasteiger partial charge on any atom is 0.337 e. The highest BCUT2D eigenvalue weighted by molar-refractivity contribution is 7.91. The predicted molar refractivity (Wildman–Crippen MR) is 79.8 cm³/mol. The number of aromatic carboxylic acids is 1.